The molecule has 1 heterocycles. The van der Waals surface area contributed by atoms with Crippen molar-refractivity contribution in [3.8, 4) is 5.75 Å². The average Bonchev–Trinajstić information content (AvgIpc) is 2.84. The van der Waals surface area contributed by atoms with Crippen molar-refractivity contribution in [1.82, 2.24) is 20.4 Å². The van der Waals surface area contributed by atoms with Gasteiger partial charge in [0.2, 0.25) is 0 Å². The Balaban J connectivity index is 0.00000392. The molecule has 0 unspecified atom stereocenters. The lowest BCUT2D eigenvalue weighted by molar-refractivity contribution is -0.0504. The van der Waals surface area contributed by atoms with Crippen LogP contribution in [0.15, 0.2) is 27.7 Å². The fourth-order valence-electron chi connectivity index (χ4n) is 2.63. The minimum Gasteiger partial charge on any atom is -0.434 e. The lowest BCUT2D eigenvalue weighted by Gasteiger charge is -2.13. The van der Waals surface area contributed by atoms with E-state index < -0.39 is 6.61 Å². The SMILES string of the molecule is CCNC(=NCc1cc(Br)ccc1OC(F)F)NCc1c(C)nn(C)c1C.I. The number of aromatic nitrogens is 2. The van der Waals surface area contributed by atoms with Crippen molar-refractivity contribution in [2.45, 2.75) is 40.5 Å². The molecule has 0 aliphatic carbocycles. The summed E-state index contributed by atoms with van der Waals surface area (Å²) in [5.41, 5.74) is 3.70. The Morgan fingerprint density at radius 2 is 2.04 bits per heavy atom. The number of halogens is 4. The van der Waals surface area contributed by atoms with Crippen molar-refractivity contribution in [1.29, 1.82) is 0 Å². The van der Waals surface area contributed by atoms with Crippen LogP contribution in [0, 0.1) is 13.8 Å². The second-order valence-electron chi connectivity index (χ2n) is 5.95. The van der Waals surface area contributed by atoms with Crippen molar-refractivity contribution in [2.24, 2.45) is 12.0 Å². The number of aryl methyl sites for hydroxylation is 2. The molecule has 0 atom stereocenters. The van der Waals surface area contributed by atoms with E-state index in [0.29, 0.717) is 24.6 Å². The Bertz CT molecular complexity index is 814. The van der Waals surface area contributed by atoms with Gasteiger partial charge in [0.25, 0.3) is 0 Å². The molecule has 0 saturated heterocycles. The van der Waals surface area contributed by atoms with Crippen LogP contribution in [0.4, 0.5) is 8.78 Å². The van der Waals surface area contributed by atoms with Crippen molar-refractivity contribution in [3.63, 3.8) is 0 Å². The first-order chi connectivity index (χ1) is 12.8. The maximum absolute atomic E-state index is 12.6. The molecule has 0 aliphatic heterocycles. The summed E-state index contributed by atoms with van der Waals surface area (Å²) < 4.78 is 32.4. The van der Waals surface area contributed by atoms with Gasteiger partial charge in [-0.1, -0.05) is 15.9 Å². The molecule has 0 aliphatic rings. The van der Waals surface area contributed by atoms with Crippen LogP contribution in [0.25, 0.3) is 0 Å². The van der Waals surface area contributed by atoms with Gasteiger partial charge in [0.05, 0.1) is 12.2 Å². The van der Waals surface area contributed by atoms with Gasteiger partial charge in [0.15, 0.2) is 5.96 Å². The second kappa shape index (κ2) is 11.5. The van der Waals surface area contributed by atoms with E-state index in [1.165, 1.54) is 6.07 Å². The van der Waals surface area contributed by atoms with Crippen LogP contribution in [-0.4, -0.2) is 28.9 Å². The lowest BCUT2D eigenvalue weighted by atomic mass is 10.2. The minimum atomic E-state index is -2.88. The molecule has 28 heavy (non-hydrogen) atoms. The monoisotopic (exact) mass is 571 g/mol. The molecule has 2 aromatic rings. The number of alkyl halides is 2. The summed E-state index contributed by atoms with van der Waals surface area (Å²) in [6.45, 7) is 4.49. The molecule has 0 amide bonds. The number of benzene rings is 1. The Labute approximate surface area is 189 Å². The molecule has 1 aromatic heterocycles. The smallest absolute Gasteiger partial charge is 0.387 e. The third-order valence-electron chi connectivity index (χ3n) is 4.08. The Morgan fingerprint density at radius 1 is 1.32 bits per heavy atom. The van der Waals surface area contributed by atoms with Crippen LogP contribution in [0.1, 0.15) is 29.4 Å². The molecule has 10 heteroatoms. The largest absolute Gasteiger partial charge is 0.434 e. The highest BCUT2D eigenvalue weighted by atomic mass is 127. The Kier molecular flexibility index (Phi) is 10.1. The molecular weight excluding hydrogens is 547 g/mol. The quantitative estimate of drug-likeness (QED) is 0.296. The molecule has 6 nitrogen and oxygen atoms in total. The first-order valence-corrected chi connectivity index (χ1v) is 9.35. The molecule has 0 radical (unpaired) electrons. The average molecular weight is 572 g/mol. The number of rotatable bonds is 7. The van der Waals surface area contributed by atoms with Gasteiger partial charge in [-0.2, -0.15) is 13.9 Å². The molecule has 0 bridgehead atoms. The van der Waals surface area contributed by atoms with Crippen molar-refractivity contribution in [2.75, 3.05) is 6.54 Å². The van der Waals surface area contributed by atoms with Gasteiger partial charge in [-0.25, -0.2) is 4.99 Å². The lowest BCUT2D eigenvalue weighted by Crippen LogP contribution is -2.37. The normalized spacial score (nSPS) is 11.4. The summed E-state index contributed by atoms with van der Waals surface area (Å²) in [6, 6.07) is 4.88. The molecule has 0 saturated carbocycles. The number of ether oxygens (including phenoxy) is 1. The van der Waals surface area contributed by atoms with Crippen molar-refractivity contribution in [3.05, 3.63) is 45.2 Å². The molecular formula is C18H25BrF2IN5O. The topological polar surface area (TPSA) is 63.5 Å². The van der Waals surface area contributed by atoms with Crippen LogP contribution in [-0.2, 0) is 20.1 Å². The van der Waals surface area contributed by atoms with Gasteiger partial charge < -0.3 is 15.4 Å². The third-order valence-corrected chi connectivity index (χ3v) is 4.58. The van der Waals surface area contributed by atoms with E-state index in [-0.39, 0.29) is 36.3 Å². The Hall–Kier alpha value is -1.43. The molecule has 0 fully saturated rings. The van der Waals surface area contributed by atoms with Crippen molar-refractivity contribution >= 4 is 45.9 Å². The van der Waals surface area contributed by atoms with Gasteiger partial charge in [0, 0.05) is 41.4 Å². The number of guanidine groups is 1. The van der Waals surface area contributed by atoms with E-state index in [1.54, 1.807) is 12.1 Å². The maximum Gasteiger partial charge on any atom is 0.387 e. The van der Waals surface area contributed by atoms with Crippen molar-refractivity contribution < 1.29 is 13.5 Å². The first-order valence-electron chi connectivity index (χ1n) is 8.56. The van der Waals surface area contributed by atoms with Crippen LogP contribution in [0.2, 0.25) is 0 Å². The molecule has 0 spiro atoms. The van der Waals surface area contributed by atoms with E-state index in [2.05, 4.69) is 41.4 Å². The summed E-state index contributed by atoms with van der Waals surface area (Å²) in [5.74, 6) is 0.704. The van der Waals surface area contributed by atoms with E-state index in [0.717, 1.165) is 21.4 Å². The minimum absolute atomic E-state index is 0. The summed E-state index contributed by atoms with van der Waals surface area (Å²) >= 11 is 3.35. The van der Waals surface area contributed by atoms with Crippen LogP contribution < -0.4 is 15.4 Å². The zero-order valence-electron chi connectivity index (χ0n) is 16.2. The highest BCUT2D eigenvalue weighted by molar-refractivity contribution is 14.0. The van der Waals surface area contributed by atoms with Gasteiger partial charge >= 0.3 is 6.61 Å². The summed E-state index contributed by atoms with van der Waals surface area (Å²) in [6.07, 6.45) is 0. The molecule has 1 aromatic carbocycles. The number of nitrogens with zero attached hydrogens (tertiary/aromatic N) is 3. The van der Waals surface area contributed by atoms with Crippen LogP contribution in [0.3, 0.4) is 0 Å². The van der Waals surface area contributed by atoms with Gasteiger partial charge in [-0.05, 0) is 39.0 Å². The zero-order chi connectivity index (χ0) is 20.0. The van der Waals surface area contributed by atoms with E-state index in [9.17, 15) is 8.78 Å². The summed E-state index contributed by atoms with van der Waals surface area (Å²) in [5, 5.41) is 10.8. The Morgan fingerprint density at radius 3 is 2.61 bits per heavy atom. The van der Waals surface area contributed by atoms with Gasteiger partial charge in [-0.3, -0.25) is 4.68 Å². The molecule has 2 N–H and O–H groups in total. The van der Waals surface area contributed by atoms with Gasteiger partial charge in [0.1, 0.15) is 5.75 Å². The van der Waals surface area contributed by atoms with E-state index in [4.69, 9.17) is 0 Å². The second-order valence-corrected chi connectivity index (χ2v) is 6.87. The highest BCUT2D eigenvalue weighted by Crippen LogP contribution is 2.25. The summed E-state index contributed by atoms with van der Waals surface area (Å²) in [4.78, 5) is 4.50. The van der Waals surface area contributed by atoms with E-state index >= 15 is 0 Å². The zero-order valence-corrected chi connectivity index (χ0v) is 20.1. The fraction of sp³-hybridized carbons (Fsp3) is 0.444. The number of hydrogen-bond acceptors (Lipinski definition) is 3. The van der Waals surface area contributed by atoms with Crippen LogP contribution in [0.5, 0.6) is 5.75 Å². The van der Waals surface area contributed by atoms with Gasteiger partial charge in [-0.15, -0.1) is 24.0 Å². The molecule has 2 rings (SSSR count). The number of hydrogen-bond donors (Lipinski definition) is 2. The highest BCUT2D eigenvalue weighted by Gasteiger charge is 2.12. The number of nitrogens with one attached hydrogen (secondary N) is 2. The third kappa shape index (κ3) is 6.87. The first kappa shape index (κ1) is 24.6. The standard InChI is InChI=1S/C18H24BrF2N5O.HI/c1-5-22-18(24-10-15-11(2)25-26(4)12(15)3)23-9-13-8-14(19)6-7-16(13)27-17(20)21;/h6-8,17H,5,9-10H2,1-4H3,(H2,22,23,24);1H. The number of aliphatic imine (C=N–C) groups is 1. The maximum atomic E-state index is 12.6. The van der Waals surface area contributed by atoms with E-state index in [1.807, 2.05) is 32.5 Å². The van der Waals surface area contributed by atoms with Crippen LogP contribution >= 0.6 is 39.9 Å². The molecule has 156 valence electrons. The summed E-state index contributed by atoms with van der Waals surface area (Å²) in [7, 11) is 1.91. The predicted octanol–water partition coefficient (Wildman–Crippen LogP) is 4.27. The fourth-order valence-corrected chi connectivity index (χ4v) is 3.04. The predicted molar refractivity (Wildman–Crippen MR) is 121 cm³/mol.